The molecule has 0 bridgehead atoms. The lowest BCUT2D eigenvalue weighted by molar-refractivity contribution is 0.0464. The smallest absolute Gasteiger partial charge is 0.341 e. The molecule has 0 aromatic carbocycles. The predicted molar refractivity (Wildman–Crippen MR) is 66.4 cm³/mol. The third-order valence-corrected chi connectivity index (χ3v) is 2.49. The highest BCUT2D eigenvalue weighted by Crippen LogP contribution is 2.20. The van der Waals surface area contributed by atoms with E-state index in [0.717, 1.165) is 6.42 Å². The Bertz CT molecular complexity index is 416. The first-order valence-corrected chi connectivity index (χ1v) is 5.91. The minimum absolute atomic E-state index is 0.00448. The number of carbonyl (C=O) groups excluding carboxylic acids is 1. The van der Waals surface area contributed by atoms with Crippen molar-refractivity contribution in [1.82, 2.24) is 10.2 Å². The molecule has 1 aromatic rings. The number of hydrogen-bond acceptors (Lipinski definition) is 4. The predicted octanol–water partition coefficient (Wildman–Crippen LogP) is 3.38. The Balaban J connectivity index is 2.61. The van der Waals surface area contributed by atoms with E-state index in [2.05, 4.69) is 31.0 Å². The number of ether oxygens (including phenoxy) is 1. The highest BCUT2D eigenvalue weighted by molar-refractivity contribution is 6.33. The van der Waals surface area contributed by atoms with E-state index < -0.39 is 5.97 Å². The minimum Gasteiger partial charge on any atom is -0.462 e. The van der Waals surface area contributed by atoms with Crippen LogP contribution in [0, 0.1) is 5.41 Å². The van der Waals surface area contributed by atoms with Crippen LogP contribution in [0.3, 0.4) is 0 Å². The highest BCUT2D eigenvalue weighted by Gasteiger charge is 2.16. The number of halogens is 2. The van der Waals surface area contributed by atoms with Gasteiger partial charge in [-0.3, -0.25) is 0 Å². The van der Waals surface area contributed by atoms with Crippen LogP contribution in [0.2, 0.25) is 10.3 Å². The molecule has 17 heavy (non-hydrogen) atoms. The first kappa shape index (κ1) is 14.2. The molecule has 1 aromatic heterocycles. The quantitative estimate of drug-likeness (QED) is 0.795. The number of nitrogens with zero attached hydrogens (tertiary/aromatic N) is 2. The van der Waals surface area contributed by atoms with Crippen LogP contribution >= 0.6 is 23.2 Å². The van der Waals surface area contributed by atoms with Gasteiger partial charge in [0.15, 0.2) is 10.3 Å². The molecule has 0 unspecified atom stereocenters. The summed E-state index contributed by atoms with van der Waals surface area (Å²) in [6.07, 6.45) is 0.766. The van der Waals surface area contributed by atoms with Gasteiger partial charge in [0.2, 0.25) is 0 Å². The zero-order chi connectivity index (χ0) is 13.1. The van der Waals surface area contributed by atoms with Crippen molar-refractivity contribution in [3.63, 3.8) is 0 Å². The number of aromatic nitrogens is 2. The van der Waals surface area contributed by atoms with Crippen LogP contribution in [-0.2, 0) is 4.74 Å². The molecule has 0 aliphatic heterocycles. The molecular formula is C11H14Cl2N2O2. The maximum Gasteiger partial charge on any atom is 0.341 e. The maximum absolute atomic E-state index is 11.7. The normalized spacial score (nSPS) is 11.4. The Morgan fingerprint density at radius 2 is 2.00 bits per heavy atom. The Labute approximate surface area is 110 Å². The number of esters is 1. The second-order valence-electron chi connectivity index (χ2n) is 4.82. The van der Waals surface area contributed by atoms with Crippen molar-refractivity contribution in [2.45, 2.75) is 27.2 Å². The molecule has 0 amide bonds. The van der Waals surface area contributed by atoms with Crippen molar-refractivity contribution in [2.24, 2.45) is 5.41 Å². The van der Waals surface area contributed by atoms with Crippen LogP contribution < -0.4 is 0 Å². The van der Waals surface area contributed by atoms with Gasteiger partial charge in [-0.2, -0.15) is 0 Å². The average molecular weight is 277 g/mol. The molecule has 0 aliphatic rings. The van der Waals surface area contributed by atoms with Crippen molar-refractivity contribution >= 4 is 29.2 Å². The topological polar surface area (TPSA) is 52.1 Å². The third kappa shape index (κ3) is 4.88. The van der Waals surface area contributed by atoms with E-state index in [1.165, 1.54) is 6.07 Å². The van der Waals surface area contributed by atoms with E-state index in [9.17, 15) is 4.79 Å². The Morgan fingerprint density at radius 3 is 2.59 bits per heavy atom. The van der Waals surface area contributed by atoms with E-state index in [4.69, 9.17) is 27.9 Å². The van der Waals surface area contributed by atoms with Crippen LogP contribution in [0.25, 0.3) is 0 Å². The van der Waals surface area contributed by atoms with Crippen LogP contribution in [0.5, 0.6) is 0 Å². The molecule has 0 N–H and O–H groups in total. The number of carbonyl (C=O) groups is 1. The van der Waals surface area contributed by atoms with Gasteiger partial charge in [0.25, 0.3) is 0 Å². The molecule has 0 atom stereocenters. The molecule has 6 heteroatoms. The Morgan fingerprint density at radius 1 is 1.35 bits per heavy atom. The monoisotopic (exact) mass is 276 g/mol. The molecule has 1 heterocycles. The second kappa shape index (κ2) is 5.65. The van der Waals surface area contributed by atoms with E-state index >= 15 is 0 Å². The maximum atomic E-state index is 11.7. The lowest BCUT2D eigenvalue weighted by Gasteiger charge is -2.17. The Hall–Kier alpha value is -0.870. The summed E-state index contributed by atoms with van der Waals surface area (Å²) in [5, 5.41) is 7.16. The van der Waals surface area contributed by atoms with Gasteiger partial charge in [0.05, 0.1) is 6.61 Å². The zero-order valence-corrected chi connectivity index (χ0v) is 11.5. The lowest BCUT2D eigenvalue weighted by atomic mass is 9.93. The van der Waals surface area contributed by atoms with E-state index in [1.807, 2.05) is 0 Å². The van der Waals surface area contributed by atoms with Gasteiger partial charge >= 0.3 is 5.97 Å². The van der Waals surface area contributed by atoms with Crippen LogP contribution in [0.1, 0.15) is 37.6 Å². The molecular weight excluding hydrogens is 263 g/mol. The summed E-state index contributed by atoms with van der Waals surface area (Å²) < 4.78 is 5.09. The van der Waals surface area contributed by atoms with Crippen LogP contribution in [0.4, 0.5) is 0 Å². The molecule has 0 fully saturated rings. The van der Waals surface area contributed by atoms with Gasteiger partial charge in [-0.15, -0.1) is 10.2 Å². The second-order valence-corrected chi connectivity index (χ2v) is 5.56. The van der Waals surface area contributed by atoms with Crippen molar-refractivity contribution in [3.05, 3.63) is 21.9 Å². The summed E-state index contributed by atoms with van der Waals surface area (Å²) in [4.78, 5) is 11.7. The molecule has 0 saturated heterocycles. The van der Waals surface area contributed by atoms with Gasteiger partial charge in [0, 0.05) is 0 Å². The van der Waals surface area contributed by atoms with Gasteiger partial charge < -0.3 is 4.74 Å². The summed E-state index contributed by atoms with van der Waals surface area (Å²) in [5.41, 5.74) is 0.249. The van der Waals surface area contributed by atoms with Crippen molar-refractivity contribution in [3.8, 4) is 0 Å². The first-order chi connectivity index (χ1) is 7.79. The Kier molecular flexibility index (Phi) is 4.71. The standard InChI is InChI=1S/C11H14Cl2N2O2/c1-11(2,3)4-5-17-10(16)7-6-8(12)14-15-9(7)13/h6H,4-5H2,1-3H3. The molecule has 0 aliphatic carbocycles. The van der Waals surface area contributed by atoms with Gasteiger partial charge in [0.1, 0.15) is 5.56 Å². The molecule has 0 spiro atoms. The summed E-state index contributed by atoms with van der Waals surface area (Å²) in [7, 11) is 0. The fourth-order valence-corrected chi connectivity index (χ4v) is 1.34. The van der Waals surface area contributed by atoms with Gasteiger partial charge in [-0.25, -0.2) is 4.79 Å². The van der Waals surface area contributed by atoms with Crippen LogP contribution in [0.15, 0.2) is 6.07 Å². The van der Waals surface area contributed by atoms with E-state index in [0.29, 0.717) is 6.61 Å². The fourth-order valence-electron chi connectivity index (χ4n) is 1.02. The van der Waals surface area contributed by atoms with Gasteiger partial charge in [-0.1, -0.05) is 44.0 Å². The molecule has 4 nitrogen and oxygen atoms in total. The minimum atomic E-state index is -0.531. The third-order valence-electron chi connectivity index (χ3n) is 2.02. The molecule has 0 saturated carbocycles. The summed E-state index contributed by atoms with van der Waals surface area (Å²) in [6, 6.07) is 1.34. The van der Waals surface area contributed by atoms with E-state index in [1.54, 1.807) is 0 Å². The van der Waals surface area contributed by atoms with Crippen molar-refractivity contribution < 1.29 is 9.53 Å². The summed E-state index contributed by atoms with van der Waals surface area (Å²) >= 11 is 11.4. The molecule has 1 rings (SSSR count). The highest BCUT2D eigenvalue weighted by atomic mass is 35.5. The first-order valence-electron chi connectivity index (χ1n) is 5.15. The molecule has 94 valence electrons. The van der Waals surface area contributed by atoms with E-state index in [-0.39, 0.29) is 21.3 Å². The van der Waals surface area contributed by atoms with Crippen molar-refractivity contribution in [1.29, 1.82) is 0 Å². The lowest BCUT2D eigenvalue weighted by Crippen LogP contribution is -2.14. The van der Waals surface area contributed by atoms with Crippen LogP contribution in [-0.4, -0.2) is 22.8 Å². The zero-order valence-electron chi connectivity index (χ0n) is 9.96. The summed E-state index contributed by atoms with van der Waals surface area (Å²) in [5.74, 6) is -0.531. The molecule has 0 radical (unpaired) electrons. The average Bonchev–Trinajstić information content (AvgIpc) is 2.19. The van der Waals surface area contributed by atoms with Crippen molar-refractivity contribution in [2.75, 3.05) is 6.61 Å². The largest absolute Gasteiger partial charge is 0.462 e. The number of rotatable bonds is 3. The van der Waals surface area contributed by atoms with Gasteiger partial charge in [-0.05, 0) is 17.9 Å². The number of hydrogen-bond donors (Lipinski definition) is 0. The fraction of sp³-hybridized carbons (Fsp3) is 0.545. The SMILES string of the molecule is CC(C)(C)CCOC(=O)c1cc(Cl)nnc1Cl. The summed E-state index contributed by atoms with van der Waals surface area (Å²) in [6.45, 7) is 6.54.